The van der Waals surface area contributed by atoms with E-state index in [-0.39, 0.29) is 5.91 Å². The second kappa shape index (κ2) is 10.0. The molecule has 0 saturated heterocycles. The Bertz CT molecular complexity index is 400. The molecule has 1 rings (SSSR count). The third-order valence-electron chi connectivity index (χ3n) is 2.57. The first-order valence-corrected chi connectivity index (χ1v) is 7.91. The molecule has 1 amide bonds. The lowest BCUT2D eigenvalue weighted by Gasteiger charge is -2.10. The zero-order valence-corrected chi connectivity index (χ0v) is 13.0. The number of aliphatic hydroxyl groups is 1. The van der Waals surface area contributed by atoms with Crippen molar-refractivity contribution < 1.29 is 14.6 Å². The molecule has 0 spiro atoms. The Labute approximate surface area is 128 Å². The lowest BCUT2D eigenvalue weighted by molar-refractivity contribution is -0.118. The summed E-state index contributed by atoms with van der Waals surface area (Å²) in [5, 5.41) is 12.9. The summed E-state index contributed by atoms with van der Waals surface area (Å²) in [6.07, 6.45) is -0.0245. The zero-order chi connectivity index (χ0) is 14.8. The van der Waals surface area contributed by atoms with Crippen molar-refractivity contribution in [3.63, 3.8) is 0 Å². The summed E-state index contributed by atoms with van der Waals surface area (Å²) in [5.74, 6) is 1.16. The highest BCUT2D eigenvalue weighted by Gasteiger charge is 2.05. The molecule has 0 bridgehead atoms. The molecule has 1 aromatic carbocycles. The standard InChI is InChI=1S/C14H20ClNO3S/c1-19-8-13(17)6-7-16-14(18)10-20-9-11-2-4-12(15)5-3-11/h2-5,13,17H,6-10H2,1H3,(H,16,18). The molecule has 1 unspecified atom stereocenters. The number of ether oxygens (including phenoxy) is 1. The normalized spacial score (nSPS) is 12.2. The molecule has 2 N–H and O–H groups in total. The largest absolute Gasteiger partial charge is 0.391 e. The van der Waals surface area contributed by atoms with E-state index >= 15 is 0 Å². The van der Waals surface area contributed by atoms with Crippen molar-refractivity contribution in [3.05, 3.63) is 34.9 Å². The Kier molecular flexibility index (Phi) is 8.69. The number of carbonyl (C=O) groups excluding carboxylic acids is 1. The van der Waals surface area contributed by atoms with Crippen LogP contribution in [0.25, 0.3) is 0 Å². The molecular weight excluding hydrogens is 298 g/mol. The predicted molar refractivity (Wildman–Crippen MR) is 83.1 cm³/mol. The molecule has 20 heavy (non-hydrogen) atoms. The maximum Gasteiger partial charge on any atom is 0.230 e. The van der Waals surface area contributed by atoms with Gasteiger partial charge in [0.15, 0.2) is 0 Å². The van der Waals surface area contributed by atoms with Crippen molar-refractivity contribution in [3.8, 4) is 0 Å². The Hall–Kier alpha value is -0.750. The quantitative estimate of drug-likeness (QED) is 0.732. The first-order valence-electron chi connectivity index (χ1n) is 6.37. The molecule has 0 aliphatic carbocycles. The van der Waals surface area contributed by atoms with E-state index in [0.29, 0.717) is 30.3 Å². The van der Waals surface area contributed by atoms with Crippen LogP contribution in [-0.2, 0) is 15.3 Å². The molecule has 6 heteroatoms. The average molecular weight is 318 g/mol. The fourth-order valence-electron chi connectivity index (χ4n) is 1.55. The van der Waals surface area contributed by atoms with Crippen molar-refractivity contribution in [1.29, 1.82) is 0 Å². The average Bonchev–Trinajstić information content (AvgIpc) is 2.41. The molecule has 0 saturated carbocycles. The lowest BCUT2D eigenvalue weighted by atomic mass is 10.2. The van der Waals surface area contributed by atoms with Gasteiger partial charge in [-0.1, -0.05) is 23.7 Å². The van der Waals surface area contributed by atoms with Crippen LogP contribution < -0.4 is 5.32 Å². The van der Waals surface area contributed by atoms with Crippen molar-refractivity contribution in [2.24, 2.45) is 0 Å². The van der Waals surface area contributed by atoms with Gasteiger partial charge in [0.1, 0.15) is 0 Å². The zero-order valence-electron chi connectivity index (χ0n) is 11.5. The summed E-state index contributed by atoms with van der Waals surface area (Å²) in [6.45, 7) is 0.756. The molecule has 0 aliphatic rings. The van der Waals surface area contributed by atoms with E-state index in [1.165, 1.54) is 7.11 Å². The maximum absolute atomic E-state index is 11.6. The fraction of sp³-hybridized carbons (Fsp3) is 0.500. The third kappa shape index (κ3) is 7.75. The molecular formula is C14H20ClNO3S. The topological polar surface area (TPSA) is 58.6 Å². The number of methoxy groups -OCH3 is 1. The van der Waals surface area contributed by atoms with Gasteiger partial charge in [0.05, 0.1) is 18.5 Å². The number of halogens is 1. The van der Waals surface area contributed by atoms with Crippen LogP contribution >= 0.6 is 23.4 Å². The summed E-state index contributed by atoms with van der Waals surface area (Å²) in [4.78, 5) is 11.6. The second-order valence-corrected chi connectivity index (χ2v) is 5.79. The van der Waals surface area contributed by atoms with Gasteiger partial charge in [-0.05, 0) is 24.1 Å². The van der Waals surface area contributed by atoms with E-state index in [0.717, 1.165) is 11.3 Å². The highest BCUT2D eigenvalue weighted by Crippen LogP contribution is 2.15. The Morgan fingerprint density at radius 1 is 1.45 bits per heavy atom. The molecule has 0 aliphatic heterocycles. The van der Waals surface area contributed by atoms with Gasteiger partial charge in [-0.15, -0.1) is 11.8 Å². The monoisotopic (exact) mass is 317 g/mol. The first-order chi connectivity index (χ1) is 9.61. The minimum Gasteiger partial charge on any atom is -0.391 e. The second-order valence-electron chi connectivity index (χ2n) is 4.37. The smallest absolute Gasteiger partial charge is 0.230 e. The van der Waals surface area contributed by atoms with Crippen LogP contribution in [0, 0.1) is 0 Å². The molecule has 0 fully saturated rings. The number of rotatable bonds is 9. The predicted octanol–water partition coefficient (Wildman–Crippen LogP) is 2.09. The third-order valence-corrected chi connectivity index (χ3v) is 3.83. The maximum atomic E-state index is 11.6. The number of carbonyl (C=O) groups is 1. The summed E-state index contributed by atoms with van der Waals surface area (Å²) in [5.41, 5.74) is 1.14. The van der Waals surface area contributed by atoms with E-state index in [4.69, 9.17) is 16.3 Å². The highest BCUT2D eigenvalue weighted by molar-refractivity contribution is 7.99. The van der Waals surface area contributed by atoms with E-state index in [1.807, 2.05) is 24.3 Å². The summed E-state index contributed by atoms with van der Waals surface area (Å²) in [6, 6.07) is 7.59. The summed E-state index contributed by atoms with van der Waals surface area (Å²) < 4.78 is 4.81. The summed E-state index contributed by atoms with van der Waals surface area (Å²) in [7, 11) is 1.54. The van der Waals surface area contributed by atoms with Crippen LogP contribution in [0.3, 0.4) is 0 Å². The van der Waals surface area contributed by atoms with Gasteiger partial charge < -0.3 is 15.2 Å². The van der Waals surface area contributed by atoms with Gasteiger partial charge in [-0.25, -0.2) is 0 Å². The van der Waals surface area contributed by atoms with Crippen molar-refractivity contribution >= 4 is 29.3 Å². The highest BCUT2D eigenvalue weighted by atomic mass is 35.5. The van der Waals surface area contributed by atoms with E-state index in [9.17, 15) is 9.90 Å². The Morgan fingerprint density at radius 2 is 2.15 bits per heavy atom. The minimum atomic E-state index is -0.526. The van der Waals surface area contributed by atoms with Crippen molar-refractivity contribution in [2.75, 3.05) is 26.0 Å². The number of hydrogen-bond acceptors (Lipinski definition) is 4. The first kappa shape index (κ1) is 17.3. The Morgan fingerprint density at radius 3 is 2.80 bits per heavy atom. The fourth-order valence-corrected chi connectivity index (χ4v) is 2.49. The number of amides is 1. The number of thioether (sulfide) groups is 1. The molecule has 0 radical (unpaired) electrons. The van der Waals surface area contributed by atoms with E-state index in [2.05, 4.69) is 5.32 Å². The van der Waals surface area contributed by atoms with Crippen LogP contribution in [0.2, 0.25) is 5.02 Å². The molecule has 112 valence electrons. The van der Waals surface area contributed by atoms with Crippen LogP contribution in [0.1, 0.15) is 12.0 Å². The van der Waals surface area contributed by atoms with Crippen LogP contribution in [-0.4, -0.2) is 43.1 Å². The van der Waals surface area contributed by atoms with E-state index < -0.39 is 6.10 Å². The minimum absolute atomic E-state index is 0.0198. The van der Waals surface area contributed by atoms with E-state index in [1.54, 1.807) is 11.8 Å². The van der Waals surface area contributed by atoms with Gasteiger partial charge >= 0.3 is 0 Å². The lowest BCUT2D eigenvalue weighted by Crippen LogP contribution is -2.29. The van der Waals surface area contributed by atoms with Gasteiger partial charge in [-0.2, -0.15) is 0 Å². The number of hydrogen-bond donors (Lipinski definition) is 2. The molecule has 0 heterocycles. The van der Waals surface area contributed by atoms with Crippen LogP contribution in [0.4, 0.5) is 0 Å². The number of benzene rings is 1. The van der Waals surface area contributed by atoms with Gasteiger partial charge in [0.25, 0.3) is 0 Å². The van der Waals surface area contributed by atoms with Gasteiger partial charge in [0, 0.05) is 24.4 Å². The van der Waals surface area contributed by atoms with Gasteiger partial charge in [-0.3, -0.25) is 4.79 Å². The number of aliphatic hydroxyl groups excluding tert-OH is 1. The van der Waals surface area contributed by atoms with Gasteiger partial charge in [0.2, 0.25) is 5.91 Å². The van der Waals surface area contributed by atoms with Crippen LogP contribution in [0.5, 0.6) is 0 Å². The number of nitrogens with one attached hydrogen (secondary N) is 1. The Balaban J connectivity index is 2.09. The SMILES string of the molecule is COCC(O)CCNC(=O)CSCc1ccc(Cl)cc1. The summed E-state index contributed by atoms with van der Waals surface area (Å²) >= 11 is 7.35. The molecule has 0 aromatic heterocycles. The van der Waals surface area contributed by atoms with Crippen molar-refractivity contribution in [2.45, 2.75) is 18.3 Å². The molecule has 1 aromatic rings. The molecule has 4 nitrogen and oxygen atoms in total. The van der Waals surface area contributed by atoms with Crippen LogP contribution in [0.15, 0.2) is 24.3 Å². The van der Waals surface area contributed by atoms with Crippen molar-refractivity contribution in [1.82, 2.24) is 5.32 Å². The molecule has 1 atom stereocenters.